The van der Waals surface area contributed by atoms with E-state index in [9.17, 15) is 0 Å². The van der Waals surface area contributed by atoms with Crippen molar-refractivity contribution in [2.45, 2.75) is 90.1 Å². The molecule has 4 rings (SSSR count). The van der Waals surface area contributed by atoms with Gasteiger partial charge in [0, 0.05) is 37.4 Å². The molecular formula is C27H40N6S. The average Bonchev–Trinajstić information content (AvgIpc) is 2.81. The maximum Gasteiger partial charge on any atom is 0.225 e. The lowest BCUT2D eigenvalue weighted by Crippen LogP contribution is -2.42. The Balaban J connectivity index is 1.32. The van der Waals surface area contributed by atoms with E-state index in [1.165, 1.54) is 35.2 Å². The molecule has 2 aliphatic carbocycles. The van der Waals surface area contributed by atoms with Crippen molar-refractivity contribution in [1.82, 2.24) is 15.3 Å². The summed E-state index contributed by atoms with van der Waals surface area (Å²) < 4.78 is 0. The first-order chi connectivity index (χ1) is 16.3. The van der Waals surface area contributed by atoms with E-state index >= 15 is 0 Å². The second-order valence-electron chi connectivity index (χ2n) is 10.4. The van der Waals surface area contributed by atoms with Gasteiger partial charge in [-0.05, 0) is 87.6 Å². The standard InChI is InChI=1S/C27H40N6S/c1-17(2)21-11-8-9-18(3)24(21)31-27(34)29-20-15-13-19(14-16-20)28-26-30-23-12-7-6-10-22(23)25(32-26)33(4)5/h8-9,11,17,19-20H,6-7,10,12-16H2,1-5H3,(H,28,30,32)(H2,29,31,34). The highest BCUT2D eigenvalue weighted by molar-refractivity contribution is 7.80. The quantitative estimate of drug-likeness (QED) is 0.468. The smallest absolute Gasteiger partial charge is 0.225 e. The lowest BCUT2D eigenvalue weighted by atomic mass is 9.91. The number of para-hydroxylation sites is 1. The first-order valence-corrected chi connectivity index (χ1v) is 13.2. The number of anilines is 3. The van der Waals surface area contributed by atoms with Crippen molar-refractivity contribution in [3.8, 4) is 0 Å². The zero-order valence-electron chi connectivity index (χ0n) is 21.4. The molecule has 0 radical (unpaired) electrons. The van der Waals surface area contributed by atoms with Gasteiger partial charge in [-0.1, -0.05) is 32.0 Å². The van der Waals surface area contributed by atoms with Crippen LogP contribution >= 0.6 is 12.2 Å². The Morgan fingerprint density at radius 2 is 1.74 bits per heavy atom. The summed E-state index contributed by atoms with van der Waals surface area (Å²) in [7, 11) is 4.16. The molecule has 0 amide bonds. The number of nitrogens with one attached hydrogen (secondary N) is 3. The Bertz CT molecular complexity index is 1010. The average molecular weight is 481 g/mol. The third-order valence-corrected chi connectivity index (χ3v) is 7.37. The van der Waals surface area contributed by atoms with E-state index in [0.29, 0.717) is 18.0 Å². The Hall–Kier alpha value is -2.41. The Kier molecular flexibility index (Phi) is 7.91. The van der Waals surface area contributed by atoms with Crippen molar-refractivity contribution in [3.63, 3.8) is 0 Å². The molecule has 1 fully saturated rings. The summed E-state index contributed by atoms with van der Waals surface area (Å²) in [5.41, 5.74) is 6.25. The summed E-state index contributed by atoms with van der Waals surface area (Å²) in [6, 6.07) is 7.24. The van der Waals surface area contributed by atoms with Crippen LogP contribution in [-0.4, -0.2) is 41.3 Å². The van der Waals surface area contributed by atoms with Crippen LogP contribution < -0.4 is 20.9 Å². The largest absolute Gasteiger partial charge is 0.362 e. The molecule has 1 saturated carbocycles. The summed E-state index contributed by atoms with van der Waals surface area (Å²) in [5.74, 6) is 2.32. The lowest BCUT2D eigenvalue weighted by molar-refractivity contribution is 0.387. The monoisotopic (exact) mass is 480 g/mol. The molecular weight excluding hydrogens is 440 g/mol. The van der Waals surface area contributed by atoms with Gasteiger partial charge in [0.05, 0.1) is 5.69 Å². The fourth-order valence-corrected chi connectivity index (χ4v) is 5.52. The molecule has 184 valence electrons. The first kappa shape index (κ1) is 24.7. The second kappa shape index (κ2) is 10.9. The van der Waals surface area contributed by atoms with Gasteiger partial charge >= 0.3 is 0 Å². The summed E-state index contributed by atoms with van der Waals surface area (Å²) in [4.78, 5) is 11.9. The fraction of sp³-hybridized carbons (Fsp3) is 0.593. The molecule has 2 aliphatic rings. The molecule has 1 aromatic carbocycles. The van der Waals surface area contributed by atoms with Crippen LogP contribution in [0.3, 0.4) is 0 Å². The lowest BCUT2D eigenvalue weighted by Gasteiger charge is -2.31. The van der Waals surface area contributed by atoms with Crippen LogP contribution in [0.25, 0.3) is 0 Å². The Morgan fingerprint density at radius 1 is 1.03 bits per heavy atom. The van der Waals surface area contributed by atoms with Gasteiger partial charge in [0.2, 0.25) is 5.95 Å². The van der Waals surface area contributed by atoms with Crippen molar-refractivity contribution in [2.24, 2.45) is 0 Å². The third kappa shape index (κ3) is 5.80. The molecule has 1 heterocycles. The van der Waals surface area contributed by atoms with Crippen LogP contribution in [0.1, 0.15) is 80.7 Å². The molecule has 0 unspecified atom stereocenters. The molecule has 2 aromatic rings. The fourth-order valence-electron chi connectivity index (χ4n) is 5.25. The molecule has 0 spiro atoms. The topological polar surface area (TPSA) is 65.1 Å². The minimum Gasteiger partial charge on any atom is -0.362 e. The van der Waals surface area contributed by atoms with Crippen LogP contribution in [0.5, 0.6) is 0 Å². The number of thiocarbonyl (C=S) groups is 1. The van der Waals surface area contributed by atoms with E-state index in [1.54, 1.807) is 0 Å². The highest BCUT2D eigenvalue weighted by Crippen LogP contribution is 2.30. The molecule has 1 aromatic heterocycles. The number of hydrogen-bond donors (Lipinski definition) is 3. The van der Waals surface area contributed by atoms with Crippen molar-refractivity contribution in [2.75, 3.05) is 29.6 Å². The summed E-state index contributed by atoms with van der Waals surface area (Å²) in [5, 5.41) is 11.4. The van der Waals surface area contributed by atoms with Gasteiger partial charge in [-0.15, -0.1) is 0 Å². The summed E-state index contributed by atoms with van der Waals surface area (Å²) >= 11 is 5.69. The van der Waals surface area contributed by atoms with Gasteiger partial charge in [0.15, 0.2) is 5.11 Å². The molecule has 7 heteroatoms. The molecule has 34 heavy (non-hydrogen) atoms. The van der Waals surface area contributed by atoms with Crippen molar-refractivity contribution in [1.29, 1.82) is 0 Å². The van der Waals surface area contributed by atoms with E-state index in [-0.39, 0.29) is 0 Å². The van der Waals surface area contributed by atoms with E-state index < -0.39 is 0 Å². The van der Waals surface area contributed by atoms with E-state index in [1.807, 2.05) is 0 Å². The van der Waals surface area contributed by atoms with Gasteiger partial charge in [0.1, 0.15) is 5.82 Å². The van der Waals surface area contributed by atoms with Crippen LogP contribution in [-0.2, 0) is 12.8 Å². The number of fused-ring (bicyclic) bond motifs is 1. The molecule has 0 bridgehead atoms. The maximum absolute atomic E-state index is 5.69. The van der Waals surface area contributed by atoms with Crippen LogP contribution in [0.4, 0.5) is 17.5 Å². The van der Waals surface area contributed by atoms with Gasteiger partial charge in [-0.25, -0.2) is 4.98 Å². The summed E-state index contributed by atoms with van der Waals surface area (Å²) in [6.07, 6.45) is 8.94. The number of nitrogens with zero attached hydrogens (tertiary/aromatic N) is 3. The number of aromatic nitrogens is 2. The normalized spacial score (nSPS) is 19.9. The Labute approximate surface area is 210 Å². The third-order valence-electron chi connectivity index (χ3n) is 7.15. The molecule has 0 aliphatic heterocycles. The van der Waals surface area contributed by atoms with Crippen LogP contribution in [0.15, 0.2) is 18.2 Å². The maximum atomic E-state index is 5.69. The Morgan fingerprint density at radius 3 is 2.44 bits per heavy atom. The molecule has 3 N–H and O–H groups in total. The van der Waals surface area contributed by atoms with Gasteiger partial charge in [-0.2, -0.15) is 4.98 Å². The predicted octanol–water partition coefficient (Wildman–Crippen LogP) is 5.56. The number of rotatable bonds is 6. The SMILES string of the molecule is Cc1cccc(C(C)C)c1NC(=S)NC1CCC(Nc2nc3c(c(N(C)C)n2)CCCC3)CC1. The van der Waals surface area contributed by atoms with Crippen LogP contribution in [0, 0.1) is 6.92 Å². The molecule has 0 atom stereocenters. The van der Waals surface area contributed by atoms with Gasteiger partial charge in [-0.3, -0.25) is 0 Å². The predicted molar refractivity (Wildman–Crippen MR) is 147 cm³/mol. The van der Waals surface area contributed by atoms with Crippen molar-refractivity contribution >= 4 is 34.8 Å². The molecule has 0 saturated heterocycles. The van der Waals surface area contributed by atoms with E-state index in [4.69, 9.17) is 22.2 Å². The van der Waals surface area contributed by atoms with E-state index in [0.717, 1.165) is 61.1 Å². The van der Waals surface area contributed by atoms with Crippen LogP contribution in [0.2, 0.25) is 0 Å². The van der Waals surface area contributed by atoms with Gasteiger partial charge < -0.3 is 20.9 Å². The minimum absolute atomic E-state index is 0.395. The van der Waals surface area contributed by atoms with Crippen molar-refractivity contribution < 1.29 is 0 Å². The zero-order chi connectivity index (χ0) is 24.2. The minimum atomic E-state index is 0.395. The number of benzene rings is 1. The van der Waals surface area contributed by atoms with Crippen molar-refractivity contribution in [3.05, 3.63) is 40.6 Å². The molecule has 6 nitrogen and oxygen atoms in total. The second-order valence-corrected chi connectivity index (χ2v) is 10.8. The highest BCUT2D eigenvalue weighted by Gasteiger charge is 2.24. The number of aryl methyl sites for hydroxylation is 2. The highest BCUT2D eigenvalue weighted by atomic mass is 32.1. The number of hydrogen-bond acceptors (Lipinski definition) is 5. The first-order valence-electron chi connectivity index (χ1n) is 12.8. The summed E-state index contributed by atoms with van der Waals surface area (Å²) in [6.45, 7) is 6.58. The van der Waals surface area contributed by atoms with E-state index in [2.05, 4.69) is 73.9 Å². The van der Waals surface area contributed by atoms with Gasteiger partial charge in [0.25, 0.3) is 0 Å². The zero-order valence-corrected chi connectivity index (χ0v) is 22.2.